The van der Waals surface area contributed by atoms with E-state index in [-0.39, 0.29) is 0 Å². The van der Waals surface area contributed by atoms with Crippen LogP contribution >= 0.6 is 0 Å². The molecule has 1 unspecified atom stereocenters. The number of rotatable bonds is 9. The van der Waals surface area contributed by atoms with Gasteiger partial charge in [0.15, 0.2) is 0 Å². The van der Waals surface area contributed by atoms with Gasteiger partial charge in [0, 0.05) is 5.69 Å². The molecule has 0 heterocycles. The van der Waals surface area contributed by atoms with Crippen LogP contribution in [0.15, 0.2) is 18.2 Å². The fourth-order valence-electron chi connectivity index (χ4n) is 2.46. The van der Waals surface area contributed by atoms with Gasteiger partial charge in [0.1, 0.15) is 6.04 Å². The lowest BCUT2D eigenvalue weighted by Gasteiger charge is -2.20. The quantitative estimate of drug-likeness (QED) is 0.663. The van der Waals surface area contributed by atoms with Gasteiger partial charge < -0.3 is 10.4 Å². The van der Waals surface area contributed by atoms with Gasteiger partial charge in [-0.3, -0.25) is 0 Å². The molecule has 1 rings (SSSR count). The van der Waals surface area contributed by atoms with Crippen LogP contribution in [0, 0.1) is 0 Å². The van der Waals surface area contributed by atoms with Crippen LogP contribution in [0.3, 0.4) is 0 Å². The van der Waals surface area contributed by atoms with Crippen molar-refractivity contribution in [1.29, 1.82) is 0 Å². The molecule has 0 bridgehead atoms. The predicted octanol–water partition coefficient (Wildman–Crippen LogP) is 4.26. The summed E-state index contributed by atoms with van der Waals surface area (Å²) in [6.45, 7) is 6.34. The van der Waals surface area contributed by atoms with Crippen LogP contribution in [-0.4, -0.2) is 17.1 Å². The van der Waals surface area contributed by atoms with Gasteiger partial charge in [-0.15, -0.1) is 0 Å². The minimum Gasteiger partial charge on any atom is -0.480 e. The summed E-state index contributed by atoms with van der Waals surface area (Å²) in [5, 5.41) is 12.7. The highest BCUT2D eigenvalue weighted by Gasteiger charge is 2.19. The van der Waals surface area contributed by atoms with E-state index in [1.165, 1.54) is 11.1 Å². The first-order valence-electron chi connectivity index (χ1n) is 7.74. The van der Waals surface area contributed by atoms with Crippen LogP contribution < -0.4 is 5.32 Å². The highest BCUT2D eigenvalue weighted by atomic mass is 16.4. The fourth-order valence-corrected chi connectivity index (χ4v) is 2.46. The molecule has 0 fully saturated rings. The third-order valence-corrected chi connectivity index (χ3v) is 3.71. The van der Waals surface area contributed by atoms with Crippen molar-refractivity contribution in [2.45, 2.75) is 65.3 Å². The Bertz CT molecular complexity index is 407. The molecule has 2 N–H and O–H groups in total. The number of carboxylic acids is 1. The van der Waals surface area contributed by atoms with E-state index < -0.39 is 12.0 Å². The summed E-state index contributed by atoms with van der Waals surface area (Å²) in [5.41, 5.74) is 3.43. The number of para-hydroxylation sites is 1. The van der Waals surface area contributed by atoms with Gasteiger partial charge in [0.2, 0.25) is 0 Å². The van der Waals surface area contributed by atoms with Gasteiger partial charge in [-0.05, 0) is 30.4 Å². The molecule has 1 aromatic rings. The zero-order chi connectivity index (χ0) is 15.0. The van der Waals surface area contributed by atoms with Crippen molar-refractivity contribution in [2.24, 2.45) is 0 Å². The molecule has 1 aromatic carbocycles. The zero-order valence-corrected chi connectivity index (χ0v) is 12.9. The Balaban J connectivity index is 2.89. The third-order valence-electron chi connectivity index (χ3n) is 3.71. The van der Waals surface area contributed by atoms with Crippen molar-refractivity contribution in [3.8, 4) is 0 Å². The molecule has 3 nitrogen and oxygen atoms in total. The van der Waals surface area contributed by atoms with E-state index in [9.17, 15) is 9.90 Å². The Morgan fingerprint density at radius 1 is 1.15 bits per heavy atom. The number of anilines is 1. The molecule has 112 valence electrons. The summed E-state index contributed by atoms with van der Waals surface area (Å²) in [5.74, 6) is -0.755. The van der Waals surface area contributed by atoms with Crippen molar-refractivity contribution >= 4 is 11.7 Å². The molecule has 0 aliphatic rings. The zero-order valence-electron chi connectivity index (χ0n) is 12.9. The van der Waals surface area contributed by atoms with Gasteiger partial charge in [0.05, 0.1) is 0 Å². The first-order chi connectivity index (χ1) is 9.63. The lowest BCUT2D eigenvalue weighted by molar-refractivity contribution is -0.138. The number of unbranched alkanes of at least 4 members (excludes halogenated alkanes) is 2. The Labute approximate surface area is 122 Å². The summed E-state index contributed by atoms with van der Waals surface area (Å²) in [7, 11) is 0. The SMILES string of the molecule is CCCCCC(Nc1c(CC)cccc1CC)C(=O)O. The molecular weight excluding hydrogens is 250 g/mol. The molecule has 0 radical (unpaired) electrons. The number of aryl methyl sites for hydroxylation is 2. The Morgan fingerprint density at radius 2 is 1.75 bits per heavy atom. The van der Waals surface area contributed by atoms with Crippen molar-refractivity contribution in [3.05, 3.63) is 29.3 Å². The van der Waals surface area contributed by atoms with Crippen molar-refractivity contribution < 1.29 is 9.90 Å². The van der Waals surface area contributed by atoms with E-state index in [1.807, 2.05) is 0 Å². The second-order valence-electron chi connectivity index (χ2n) is 5.19. The largest absolute Gasteiger partial charge is 0.480 e. The molecule has 0 aromatic heterocycles. The number of benzene rings is 1. The molecule has 0 saturated carbocycles. The summed E-state index contributed by atoms with van der Waals surface area (Å²) in [6.07, 6.45) is 5.66. The maximum atomic E-state index is 11.4. The van der Waals surface area contributed by atoms with E-state index >= 15 is 0 Å². The van der Waals surface area contributed by atoms with Crippen molar-refractivity contribution in [1.82, 2.24) is 0 Å². The number of aliphatic carboxylic acids is 1. The molecule has 0 spiro atoms. The van der Waals surface area contributed by atoms with E-state index in [0.717, 1.165) is 37.8 Å². The average molecular weight is 277 g/mol. The molecule has 0 aliphatic heterocycles. The van der Waals surface area contributed by atoms with Crippen LogP contribution in [0.2, 0.25) is 0 Å². The van der Waals surface area contributed by atoms with Gasteiger partial charge in [-0.25, -0.2) is 4.79 Å². The van der Waals surface area contributed by atoms with E-state index in [1.54, 1.807) is 0 Å². The maximum absolute atomic E-state index is 11.4. The minimum absolute atomic E-state index is 0.487. The fraction of sp³-hybridized carbons (Fsp3) is 0.588. The van der Waals surface area contributed by atoms with Crippen LogP contribution in [-0.2, 0) is 17.6 Å². The highest BCUT2D eigenvalue weighted by Crippen LogP contribution is 2.24. The van der Waals surface area contributed by atoms with Crippen LogP contribution in [0.25, 0.3) is 0 Å². The van der Waals surface area contributed by atoms with E-state index in [4.69, 9.17) is 0 Å². The second kappa shape index (κ2) is 8.62. The summed E-state index contributed by atoms with van der Waals surface area (Å²) < 4.78 is 0. The first-order valence-corrected chi connectivity index (χ1v) is 7.74. The third kappa shape index (κ3) is 4.55. The molecule has 0 aliphatic carbocycles. The normalized spacial score (nSPS) is 12.2. The summed E-state index contributed by atoms with van der Waals surface area (Å²) in [6, 6.07) is 5.72. The second-order valence-corrected chi connectivity index (χ2v) is 5.19. The molecule has 3 heteroatoms. The average Bonchev–Trinajstić information content (AvgIpc) is 2.46. The smallest absolute Gasteiger partial charge is 0.326 e. The monoisotopic (exact) mass is 277 g/mol. The summed E-state index contributed by atoms with van der Waals surface area (Å²) in [4.78, 5) is 11.4. The van der Waals surface area contributed by atoms with Crippen LogP contribution in [0.5, 0.6) is 0 Å². The number of carboxylic acid groups (broad SMARTS) is 1. The van der Waals surface area contributed by atoms with Gasteiger partial charge in [-0.2, -0.15) is 0 Å². The predicted molar refractivity (Wildman–Crippen MR) is 84.4 cm³/mol. The Hall–Kier alpha value is -1.51. The number of hydrogen-bond donors (Lipinski definition) is 2. The van der Waals surface area contributed by atoms with Gasteiger partial charge in [0.25, 0.3) is 0 Å². The van der Waals surface area contributed by atoms with Gasteiger partial charge in [-0.1, -0.05) is 58.2 Å². The lowest BCUT2D eigenvalue weighted by atomic mass is 10.0. The molecular formula is C17H27NO2. The van der Waals surface area contributed by atoms with Gasteiger partial charge >= 0.3 is 5.97 Å². The van der Waals surface area contributed by atoms with E-state index in [0.29, 0.717) is 6.42 Å². The van der Waals surface area contributed by atoms with Crippen LogP contribution in [0.1, 0.15) is 57.6 Å². The minimum atomic E-state index is -0.755. The highest BCUT2D eigenvalue weighted by molar-refractivity contribution is 5.78. The summed E-state index contributed by atoms with van der Waals surface area (Å²) >= 11 is 0. The first kappa shape index (κ1) is 16.5. The lowest BCUT2D eigenvalue weighted by Crippen LogP contribution is -2.30. The Morgan fingerprint density at radius 3 is 2.20 bits per heavy atom. The molecule has 20 heavy (non-hydrogen) atoms. The maximum Gasteiger partial charge on any atom is 0.326 e. The van der Waals surface area contributed by atoms with Crippen molar-refractivity contribution in [2.75, 3.05) is 5.32 Å². The molecule has 0 amide bonds. The number of hydrogen-bond acceptors (Lipinski definition) is 2. The number of carbonyl (C=O) groups is 1. The standard InChI is InChI=1S/C17H27NO2/c1-4-7-8-12-15(17(19)20)18-16-13(5-2)10-9-11-14(16)6-3/h9-11,15,18H,4-8,12H2,1-3H3,(H,19,20). The Kier molecular flexibility index (Phi) is 7.13. The van der Waals surface area contributed by atoms with Crippen molar-refractivity contribution in [3.63, 3.8) is 0 Å². The number of nitrogens with one attached hydrogen (secondary N) is 1. The van der Waals surface area contributed by atoms with Crippen LogP contribution in [0.4, 0.5) is 5.69 Å². The topological polar surface area (TPSA) is 49.3 Å². The molecule has 0 saturated heterocycles. The van der Waals surface area contributed by atoms with E-state index in [2.05, 4.69) is 44.3 Å². The molecule has 1 atom stereocenters.